The third-order valence-corrected chi connectivity index (χ3v) is 5.28. The average molecular weight is 382 g/mol. The minimum Gasteiger partial charge on any atom is -0.487 e. The molecule has 1 saturated heterocycles. The number of nitrogens with two attached hydrogens (primary N) is 1. The molecule has 7 nitrogen and oxygen atoms in total. The van der Waals surface area contributed by atoms with E-state index in [1.54, 1.807) is 25.3 Å². The van der Waals surface area contributed by atoms with Crippen molar-refractivity contribution in [3.63, 3.8) is 0 Å². The Hall–Kier alpha value is -2.90. The molecule has 0 bridgehead atoms. The van der Waals surface area contributed by atoms with Gasteiger partial charge < -0.3 is 24.7 Å². The third-order valence-electron chi connectivity index (χ3n) is 5.28. The summed E-state index contributed by atoms with van der Waals surface area (Å²) in [5.74, 6) is 0.421. The number of carbonyl (C=O) groups excluding carboxylic acids is 1. The number of furan rings is 1. The van der Waals surface area contributed by atoms with E-state index in [0.717, 1.165) is 5.69 Å². The maximum Gasteiger partial charge on any atom is 0.252 e. The highest BCUT2D eigenvalue weighted by Crippen LogP contribution is 2.45. The molecule has 28 heavy (non-hydrogen) atoms. The molecule has 1 amide bonds. The number of hydrogen-bond donors (Lipinski definition) is 2. The highest BCUT2D eigenvalue weighted by Gasteiger charge is 2.41. The van der Waals surface area contributed by atoms with Crippen LogP contribution in [0.4, 0.5) is 0 Å². The van der Waals surface area contributed by atoms with E-state index in [1.807, 2.05) is 18.2 Å². The van der Waals surface area contributed by atoms with E-state index in [1.165, 1.54) is 0 Å². The van der Waals surface area contributed by atoms with E-state index in [9.17, 15) is 9.90 Å². The van der Waals surface area contributed by atoms with E-state index in [0.29, 0.717) is 53.2 Å². The molecule has 1 aromatic carbocycles. The van der Waals surface area contributed by atoms with Crippen LogP contribution in [-0.2, 0) is 16.8 Å². The van der Waals surface area contributed by atoms with Crippen LogP contribution in [0.5, 0.6) is 5.75 Å². The van der Waals surface area contributed by atoms with E-state index >= 15 is 0 Å². The van der Waals surface area contributed by atoms with Gasteiger partial charge in [0.2, 0.25) is 0 Å². The van der Waals surface area contributed by atoms with Gasteiger partial charge in [0.25, 0.3) is 5.91 Å². The van der Waals surface area contributed by atoms with Crippen LogP contribution in [0.2, 0.25) is 0 Å². The summed E-state index contributed by atoms with van der Waals surface area (Å²) in [5, 5.41) is 10.9. The molecular weight excluding hydrogens is 360 g/mol. The van der Waals surface area contributed by atoms with Crippen LogP contribution in [0.1, 0.15) is 33.8 Å². The van der Waals surface area contributed by atoms with E-state index in [2.05, 4.69) is 4.98 Å². The van der Waals surface area contributed by atoms with Crippen molar-refractivity contribution >= 4 is 16.9 Å². The molecule has 0 saturated carbocycles. The minimum atomic E-state index is -0.695. The fourth-order valence-corrected chi connectivity index (χ4v) is 3.88. The van der Waals surface area contributed by atoms with Crippen LogP contribution in [0.25, 0.3) is 11.0 Å². The first kappa shape index (κ1) is 18.5. The van der Waals surface area contributed by atoms with Crippen molar-refractivity contribution in [2.45, 2.75) is 25.4 Å². The number of rotatable bonds is 6. The van der Waals surface area contributed by atoms with Crippen LogP contribution in [-0.4, -0.2) is 35.8 Å². The van der Waals surface area contributed by atoms with Crippen molar-refractivity contribution in [3.05, 3.63) is 59.1 Å². The van der Waals surface area contributed by atoms with Gasteiger partial charge in [-0.1, -0.05) is 6.07 Å². The van der Waals surface area contributed by atoms with Crippen LogP contribution < -0.4 is 10.5 Å². The fourth-order valence-electron chi connectivity index (χ4n) is 3.88. The molecule has 0 radical (unpaired) electrons. The number of aliphatic hydroxyl groups excluding tert-OH is 1. The Morgan fingerprint density at radius 2 is 2.21 bits per heavy atom. The van der Waals surface area contributed by atoms with Gasteiger partial charge in [0.15, 0.2) is 0 Å². The zero-order valence-electron chi connectivity index (χ0n) is 15.6. The third kappa shape index (κ3) is 3.02. The normalized spacial score (nSPS) is 19.2. The molecule has 2 aromatic heterocycles. The van der Waals surface area contributed by atoms with Crippen LogP contribution in [0.3, 0.4) is 0 Å². The molecule has 1 atom stereocenters. The fraction of sp³-hybridized carbons (Fsp3) is 0.333. The lowest BCUT2D eigenvalue weighted by atomic mass is 9.77. The standard InChI is InChI=1S/C21H22N2O5/c1-13-17(20(22)25)18-15(28-13)5-6-16(27-10-14-4-2-3-8-23-14)19(18)21(11-24)7-9-26-12-21/h2-6,8,24H,7,9-12H2,1H3,(H2,22,25). The number of carbonyl (C=O) groups is 1. The molecule has 146 valence electrons. The Bertz CT molecular complexity index is 1010. The van der Waals surface area contributed by atoms with Gasteiger partial charge in [-0.05, 0) is 37.6 Å². The van der Waals surface area contributed by atoms with Crippen molar-refractivity contribution < 1.29 is 23.8 Å². The number of aryl methyl sites for hydroxylation is 1. The Kier molecular flexibility index (Phi) is 4.78. The zero-order valence-corrected chi connectivity index (χ0v) is 15.6. The molecule has 1 fully saturated rings. The monoisotopic (exact) mass is 382 g/mol. The Morgan fingerprint density at radius 1 is 1.36 bits per heavy atom. The second kappa shape index (κ2) is 7.26. The summed E-state index contributed by atoms with van der Waals surface area (Å²) in [6.07, 6.45) is 2.30. The Morgan fingerprint density at radius 3 is 2.86 bits per heavy atom. The first-order chi connectivity index (χ1) is 13.6. The number of amides is 1. The van der Waals surface area contributed by atoms with Crippen LogP contribution in [0, 0.1) is 6.92 Å². The first-order valence-electron chi connectivity index (χ1n) is 9.13. The second-order valence-corrected chi connectivity index (χ2v) is 7.06. The molecule has 7 heteroatoms. The van der Waals surface area contributed by atoms with Crippen molar-refractivity contribution in [2.75, 3.05) is 19.8 Å². The van der Waals surface area contributed by atoms with Crippen molar-refractivity contribution in [3.8, 4) is 5.75 Å². The lowest BCUT2D eigenvalue weighted by molar-refractivity contribution is 0.0999. The summed E-state index contributed by atoms with van der Waals surface area (Å²) in [6.45, 7) is 2.65. The molecule has 3 aromatic rings. The number of ether oxygens (including phenoxy) is 2. The maximum atomic E-state index is 12.2. The van der Waals surface area contributed by atoms with Crippen molar-refractivity contribution in [1.29, 1.82) is 0 Å². The molecule has 1 aliphatic heterocycles. The molecule has 1 unspecified atom stereocenters. The summed E-state index contributed by atoms with van der Waals surface area (Å²) in [5.41, 5.74) is 7.27. The van der Waals surface area contributed by atoms with E-state index in [4.69, 9.17) is 19.6 Å². The molecule has 3 N–H and O–H groups in total. The smallest absolute Gasteiger partial charge is 0.252 e. The molecule has 0 spiro atoms. The van der Waals surface area contributed by atoms with Crippen molar-refractivity contribution in [2.24, 2.45) is 5.73 Å². The molecule has 0 aliphatic carbocycles. The highest BCUT2D eigenvalue weighted by atomic mass is 16.5. The largest absolute Gasteiger partial charge is 0.487 e. The number of nitrogens with zero attached hydrogens (tertiary/aromatic N) is 1. The summed E-state index contributed by atoms with van der Waals surface area (Å²) >= 11 is 0. The SMILES string of the molecule is Cc1oc2ccc(OCc3ccccn3)c(C3(CO)CCOC3)c2c1C(N)=O. The summed E-state index contributed by atoms with van der Waals surface area (Å²) < 4.78 is 17.5. The van der Waals surface area contributed by atoms with Gasteiger partial charge in [-0.15, -0.1) is 0 Å². The second-order valence-electron chi connectivity index (χ2n) is 7.06. The summed E-state index contributed by atoms with van der Waals surface area (Å²) in [6, 6.07) is 9.15. The van der Waals surface area contributed by atoms with Crippen LogP contribution in [0.15, 0.2) is 40.9 Å². The predicted molar refractivity (Wildman–Crippen MR) is 102 cm³/mol. The van der Waals surface area contributed by atoms with Gasteiger partial charge in [0.1, 0.15) is 23.7 Å². The number of benzene rings is 1. The maximum absolute atomic E-state index is 12.2. The van der Waals surface area contributed by atoms with Gasteiger partial charge in [0, 0.05) is 29.2 Å². The van der Waals surface area contributed by atoms with Crippen LogP contribution >= 0.6 is 0 Å². The minimum absolute atomic E-state index is 0.144. The number of primary amides is 1. The van der Waals surface area contributed by atoms with E-state index in [-0.39, 0.29) is 13.2 Å². The van der Waals surface area contributed by atoms with Gasteiger partial charge in [-0.2, -0.15) is 0 Å². The van der Waals surface area contributed by atoms with Gasteiger partial charge >= 0.3 is 0 Å². The number of hydrogen-bond acceptors (Lipinski definition) is 6. The van der Waals surface area contributed by atoms with Gasteiger partial charge in [-0.25, -0.2) is 0 Å². The number of pyridine rings is 1. The lowest BCUT2D eigenvalue weighted by Gasteiger charge is -2.28. The molecule has 4 rings (SSSR count). The highest BCUT2D eigenvalue weighted by molar-refractivity contribution is 6.08. The number of aromatic nitrogens is 1. The predicted octanol–water partition coefficient (Wildman–Crippen LogP) is 2.46. The molecule has 1 aliphatic rings. The molecular formula is C21H22N2O5. The first-order valence-corrected chi connectivity index (χ1v) is 9.13. The average Bonchev–Trinajstić information content (AvgIpc) is 3.31. The van der Waals surface area contributed by atoms with E-state index < -0.39 is 11.3 Å². The zero-order chi connectivity index (χ0) is 19.7. The van der Waals surface area contributed by atoms with Crippen molar-refractivity contribution in [1.82, 2.24) is 4.98 Å². The summed E-state index contributed by atoms with van der Waals surface area (Å²) in [7, 11) is 0. The summed E-state index contributed by atoms with van der Waals surface area (Å²) in [4.78, 5) is 16.4. The number of aliphatic hydroxyl groups is 1. The van der Waals surface area contributed by atoms with Gasteiger partial charge in [-0.3, -0.25) is 9.78 Å². The quantitative estimate of drug-likeness (QED) is 0.678. The Labute approximate surface area is 162 Å². The number of fused-ring (bicyclic) bond motifs is 1. The topological polar surface area (TPSA) is 108 Å². The van der Waals surface area contributed by atoms with Gasteiger partial charge in [0.05, 0.1) is 24.5 Å². The Balaban J connectivity index is 1.90. The lowest BCUT2D eigenvalue weighted by Crippen LogP contribution is -2.32. The molecule has 3 heterocycles.